The highest BCUT2D eigenvalue weighted by Crippen LogP contribution is 2.66. The van der Waals surface area contributed by atoms with Gasteiger partial charge in [0.1, 0.15) is 11.5 Å². The molecule has 2 fully saturated rings. The number of benzene rings is 2. The SMILES string of the molecule is CN1CCN(c2ccc(-c3n[nH]c4cc([C@@H]5CC56C(=O)N(C)c5ccccc56)ccc34)cn2)CC1. The summed E-state index contributed by atoms with van der Waals surface area (Å²) in [7, 11) is 4.05. The van der Waals surface area contributed by atoms with Crippen LogP contribution in [-0.2, 0) is 10.2 Å². The number of pyridine rings is 1. The first-order chi connectivity index (χ1) is 17.1. The van der Waals surface area contributed by atoms with Gasteiger partial charge in [0.15, 0.2) is 0 Å². The molecule has 176 valence electrons. The summed E-state index contributed by atoms with van der Waals surface area (Å²) in [5, 5.41) is 8.93. The Hall–Kier alpha value is -3.71. The number of aromatic amines is 1. The third-order valence-corrected chi connectivity index (χ3v) is 8.23. The lowest BCUT2D eigenvalue weighted by molar-refractivity contribution is -0.120. The number of rotatable bonds is 3. The van der Waals surface area contributed by atoms with Gasteiger partial charge in [-0.05, 0) is 48.9 Å². The van der Waals surface area contributed by atoms with E-state index >= 15 is 0 Å². The third kappa shape index (κ3) is 2.97. The lowest BCUT2D eigenvalue weighted by Crippen LogP contribution is -2.44. The maximum Gasteiger partial charge on any atom is 0.238 e. The number of hydrogen-bond donors (Lipinski definition) is 1. The van der Waals surface area contributed by atoms with Crippen LogP contribution in [-0.4, -0.2) is 66.3 Å². The molecule has 1 amide bonds. The topological polar surface area (TPSA) is 68.4 Å². The Labute approximate surface area is 204 Å². The summed E-state index contributed by atoms with van der Waals surface area (Å²) in [6, 6.07) is 18.9. The summed E-state index contributed by atoms with van der Waals surface area (Å²) < 4.78 is 0. The number of H-pyrrole nitrogens is 1. The smallest absolute Gasteiger partial charge is 0.238 e. The Morgan fingerprint density at radius 1 is 1.00 bits per heavy atom. The molecule has 2 aromatic carbocycles. The molecule has 2 atom stereocenters. The van der Waals surface area contributed by atoms with E-state index in [2.05, 4.69) is 63.4 Å². The Morgan fingerprint density at radius 2 is 1.83 bits per heavy atom. The van der Waals surface area contributed by atoms with Crippen LogP contribution in [0.1, 0.15) is 23.5 Å². The maximum absolute atomic E-state index is 13.2. The molecule has 1 saturated heterocycles. The van der Waals surface area contributed by atoms with Gasteiger partial charge in [0.05, 0.1) is 10.9 Å². The molecule has 3 aliphatic rings. The number of amides is 1. The number of carbonyl (C=O) groups is 1. The highest BCUT2D eigenvalue weighted by Gasteiger charge is 2.66. The zero-order valence-electron chi connectivity index (χ0n) is 20.0. The fraction of sp³-hybridized carbons (Fsp3) is 0.321. The predicted molar refractivity (Wildman–Crippen MR) is 138 cm³/mol. The first-order valence-electron chi connectivity index (χ1n) is 12.3. The van der Waals surface area contributed by atoms with Gasteiger partial charge in [0.2, 0.25) is 5.91 Å². The molecule has 7 rings (SSSR count). The summed E-state index contributed by atoms with van der Waals surface area (Å²) in [4.78, 5) is 24.5. The zero-order valence-corrected chi connectivity index (χ0v) is 20.0. The van der Waals surface area contributed by atoms with Crippen molar-refractivity contribution in [2.75, 3.05) is 50.1 Å². The van der Waals surface area contributed by atoms with Crippen molar-refractivity contribution in [3.8, 4) is 11.3 Å². The van der Waals surface area contributed by atoms with Gasteiger partial charge < -0.3 is 14.7 Å². The van der Waals surface area contributed by atoms with Gasteiger partial charge in [0, 0.05) is 62.0 Å². The highest BCUT2D eigenvalue weighted by molar-refractivity contribution is 6.11. The third-order valence-electron chi connectivity index (χ3n) is 8.23. The van der Waals surface area contributed by atoms with Crippen LogP contribution in [0.2, 0.25) is 0 Å². The molecule has 2 aliphatic heterocycles. The lowest BCUT2D eigenvalue weighted by atomic mass is 9.91. The van der Waals surface area contributed by atoms with Gasteiger partial charge in [-0.1, -0.05) is 30.3 Å². The average molecular weight is 465 g/mol. The minimum Gasteiger partial charge on any atom is -0.354 e. The van der Waals surface area contributed by atoms with Crippen LogP contribution >= 0.6 is 0 Å². The molecular formula is C28H28N6O. The van der Waals surface area contributed by atoms with Gasteiger partial charge in [0.25, 0.3) is 0 Å². The summed E-state index contributed by atoms with van der Waals surface area (Å²) in [5.74, 6) is 1.43. The number of aromatic nitrogens is 3. The van der Waals surface area contributed by atoms with Crippen LogP contribution in [0.25, 0.3) is 22.2 Å². The van der Waals surface area contributed by atoms with Gasteiger partial charge in [-0.25, -0.2) is 4.98 Å². The molecule has 35 heavy (non-hydrogen) atoms. The number of para-hydroxylation sites is 1. The number of anilines is 2. The molecule has 1 spiro atoms. The van der Waals surface area contributed by atoms with Crippen LogP contribution in [0.15, 0.2) is 60.8 Å². The molecular weight excluding hydrogens is 436 g/mol. The van der Waals surface area contributed by atoms with Crippen LogP contribution < -0.4 is 9.80 Å². The van der Waals surface area contributed by atoms with E-state index in [9.17, 15) is 4.79 Å². The number of hydrogen-bond acceptors (Lipinski definition) is 5. The quantitative estimate of drug-likeness (QED) is 0.500. The normalized spacial score (nSPS) is 23.9. The molecule has 1 saturated carbocycles. The van der Waals surface area contributed by atoms with Crippen LogP contribution in [0.5, 0.6) is 0 Å². The lowest BCUT2D eigenvalue weighted by Gasteiger charge is -2.33. The zero-order chi connectivity index (χ0) is 23.7. The van der Waals surface area contributed by atoms with Crippen molar-refractivity contribution >= 4 is 28.3 Å². The van der Waals surface area contributed by atoms with Crippen LogP contribution in [0, 0.1) is 0 Å². The van der Waals surface area contributed by atoms with E-state index in [4.69, 9.17) is 4.98 Å². The maximum atomic E-state index is 13.2. The van der Waals surface area contributed by atoms with E-state index in [1.54, 1.807) is 0 Å². The molecule has 0 bridgehead atoms. The second-order valence-corrected chi connectivity index (χ2v) is 10.2. The second-order valence-electron chi connectivity index (χ2n) is 10.2. The van der Waals surface area contributed by atoms with Crippen molar-refractivity contribution in [3.05, 3.63) is 71.9 Å². The Kier molecular flexibility index (Phi) is 4.36. The van der Waals surface area contributed by atoms with E-state index in [1.807, 2.05) is 36.3 Å². The molecule has 4 heterocycles. The number of nitrogens with one attached hydrogen (secondary N) is 1. The molecule has 7 nitrogen and oxygen atoms in total. The summed E-state index contributed by atoms with van der Waals surface area (Å²) in [5.41, 5.74) is 5.89. The minimum absolute atomic E-state index is 0.196. The van der Waals surface area contributed by atoms with Crippen molar-refractivity contribution in [1.29, 1.82) is 0 Å². The van der Waals surface area contributed by atoms with Crippen LogP contribution in [0.3, 0.4) is 0 Å². The molecule has 7 heteroatoms. The van der Waals surface area contributed by atoms with Gasteiger partial charge in [-0.15, -0.1) is 0 Å². The van der Waals surface area contributed by atoms with E-state index in [0.29, 0.717) is 0 Å². The number of fused-ring (bicyclic) bond motifs is 3. The number of likely N-dealkylation sites (N-methyl/N-ethyl adjacent to an activating group) is 2. The van der Waals surface area contributed by atoms with E-state index in [-0.39, 0.29) is 11.8 Å². The molecule has 4 aromatic rings. The van der Waals surface area contributed by atoms with Gasteiger partial charge in [-0.3, -0.25) is 9.89 Å². The Balaban J connectivity index is 1.17. The van der Waals surface area contributed by atoms with Crippen molar-refractivity contribution in [3.63, 3.8) is 0 Å². The van der Waals surface area contributed by atoms with Crippen molar-refractivity contribution in [2.24, 2.45) is 0 Å². The predicted octanol–water partition coefficient (Wildman–Crippen LogP) is 3.78. The summed E-state index contributed by atoms with van der Waals surface area (Å²) in [6.07, 6.45) is 2.79. The second kappa shape index (κ2) is 7.39. The Bertz CT molecular complexity index is 1450. The summed E-state index contributed by atoms with van der Waals surface area (Å²) >= 11 is 0. The first-order valence-corrected chi connectivity index (χ1v) is 12.3. The van der Waals surface area contributed by atoms with E-state index in [0.717, 1.165) is 71.8 Å². The average Bonchev–Trinajstić information content (AvgIpc) is 3.46. The standard InChI is InChI=1S/C28H28N6O/c1-32-11-13-34(14-12-32)25-10-8-19(17-29-25)26-20-9-7-18(15-23(20)30-31-26)22-16-28(22)21-5-3-4-6-24(21)33(2)27(28)35/h3-10,15,17,22H,11-14,16H2,1-2H3,(H,30,31)/t22-,28?/m0/s1. The Morgan fingerprint density at radius 3 is 2.63 bits per heavy atom. The first kappa shape index (κ1) is 20.6. The monoisotopic (exact) mass is 464 g/mol. The molecule has 0 radical (unpaired) electrons. The van der Waals surface area contributed by atoms with E-state index in [1.165, 1.54) is 5.56 Å². The molecule has 1 aliphatic carbocycles. The minimum atomic E-state index is -0.412. The fourth-order valence-corrected chi connectivity index (χ4v) is 6.09. The highest BCUT2D eigenvalue weighted by atomic mass is 16.2. The van der Waals surface area contributed by atoms with E-state index < -0.39 is 5.41 Å². The number of carbonyl (C=O) groups excluding carboxylic acids is 1. The number of piperazine rings is 1. The molecule has 1 unspecified atom stereocenters. The van der Waals surface area contributed by atoms with Gasteiger partial charge in [-0.2, -0.15) is 5.10 Å². The van der Waals surface area contributed by atoms with Crippen LogP contribution in [0.4, 0.5) is 11.5 Å². The largest absolute Gasteiger partial charge is 0.354 e. The molecule has 1 N–H and O–H groups in total. The fourth-order valence-electron chi connectivity index (χ4n) is 6.09. The van der Waals surface area contributed by atoms with Crippen molar-refractivity contribution < 1.29 is 4.79 Å². The van der Waals surface area contributed by atoms with Crippen molar-refractivity contribution in [1.82, 2.24) is 20.1 Å². The molecule has 2 aromatic heterocycles. The number of nitrogens with zero attached hydrogens (tertiary/aromatic N) is 5. The summed E-state index contributed by atoms with van der Waals surface area (Å²) in [6.45, 7) is 4.13. The van der Waals surface area contributed by atoms with Crippen molar-refractivity contribution in [2.45, 2.75) is 17.8 Å². The van der Waals surface area contributed by atoms with Gasteiger partial charge >= 0.3 is 0 Å².